The van der Waals surface area contributed by atoms with Crippen LogP contribution in [0.25, 0.3) is 0 Å². The van der Waals surface area contributed by atoms with Gasteiger partial charge in [0, 0.05) is 0 Å². The Bertz CT molecular complexity index is 456. The van der Waals surface area contributed by atoms with Crippen LogP contribution in [0, 0.1) is 0 Å². The maximum atomic E-state index is 10.8. The molecule has 1 rings (SSSR count). The Morgan fingerprint density at radius 2 is 1.92 bits per heavy atom. The molecule has 68 valence electrons. The molecule has 0 heterocycles. The first-order chi connectivity index (χ1) is 6.11. The molecule has 0 aromatic heterocycles. The average Bonchev–Trinajstić information content (AvgIpc) is 2.03. The van der Waals surface area contributed by atoms with E-state index in [2.05, 4.69) is 4.36 Å². The van der Waals surface area contributed by atoms with Crippen LogP contribution in [0.3, 0.4) is 0 Å². The zero-order valence-electron chi connectivity index (χ0n) is 6.47. The minimum atomic E-state index is -2.58. The molecule has 1 aromatic carbocycles. The molecule has 0 aliphatic rings. The number of hydrogen-bond acceptors (Lipinski definition) is 4. The van der Waals surface area contributed by atoms with Crippen LogP contribution < -0.4 is 5.73 Å². The van der Waals surface area contributed by atoms with Gasteiger partial charge in [0.1, 0.15) is 0 Å². The summed E-state index contributed by atoms with van der Waals surface area (Å²) in [5.41, 5.74) is 5.14. The van der Waals surface area contributed by atoms with Gasteiger partial charge in [0.25, 0.3) is 5.91 Å². The second-order valence-corrected chi connectivity index (χ2v) is 2.81. The molecule has 0 unspecified atom stereocenters. The number of nitrogens with zero attached hydrogens (tertiary/aromatic N) is 1. The topological polar surface area (TPSA) is 89.6 Å². The van der Waals surface area contributed by atoms with Crippen LogP contribution in [0.4, 0.5) is 5.69 Å². The van der Waals surface area contributed by atoms with E-state index in [1.807, 2.05) is 0 Å². The van der Waals surface area contributed by atoms with Crippen molar-refractivity contribution in [1.29, 1.82) is 0 Å². The number of hydrogen-bond donors (Lipinski definition) is 1. The first-order valence-electron chi connectivity index (χ1n) is 3.31. The van der Waals surface area contributed by atoms with Crippen molar-refractivity contribution < 1.29 is 13.2 Å². The number of carbonyl (C=O) groups excluding carboxylic acids is 1. The zero-order chi connectivity index (χ0) is 9.84. The molecule has 0 spiro atoms. The van der Waals surface area contributed by atoms with E-state index in [4.69, 9.17) is 5.73 Å². The van der Waals surface area contributed by atoms with Crippen LogP contribution >= 0.6 is 0 Å². The number of rotatable bonds is 2. The van der Waals surface area contributed by atoms with E-state index in [9.17, 15) is 13.2 Å². The Morgan fingerprint density at radius 1 is 1.31 bits per heavy atom. The summed E-state index contributed by atoms with van der Waals surface area (Å²) in [5.74, 6) is -0.704. The zero-order valence-corrected chi connectivity index (χ0v) is 7.28. The molecule has 0 radical (unpaired) electrons. The molecule has 1 amide bonds. The molecule has 2 N–H and O–H groups in total. The largest absolute Gasteiger partial charge is 0.366 e. The third-order valence-electron chi connectivity index (χ3n) is 1.34. The van der Waals surface area contributed by atoms with Crippen LogP contribution in [0.2, 0.25) is 0 Å². The monoisotopic (exact) mass is 198 g/mol. The predicted molar refractivity (Wildman–Crippen MR) is 46.0 cm³/mol. The summed E-state index contributed by atoms with van der Waals surface area (Å²) in [6, 6.07) is 5.95. The van der Waals surface area contributed by atoms with Gasteiger partial charge in [0.15, 0.2) is 0 Å². The molecule has 0 saturated carbocycles. The first-order valence-corrected chi connectivity index (χ1v) is 4.34. The van der Waals surface area contributed by atoms with Gasteiger partial charge in [-0.15, -0.1) is 4.36 Å². The standard InChI is InChI=1S/C7H6N2O3S/c8-7(10)5-3-1-2-4-6(5)9-13(11)12/h1-4H,(H2,8,10). The molecular weight excluding hydrogens is 192 g/mol. The van der Waals surface area contributed by atoms with Crippen molar-refractivity contribution >= 4 is 22.1 Å². The van der Waals surface area contributed by atoms with Crippen molar-refractivity contribution in [3.63, 3.8) is 0 Å². The Morgan fingerprint density at radius 3 is 2.46 bits per heavy atom. The Kier molecular flexibility index (Phi) is 2.76. The molecule has 13 heavy (non-hydrogen) atoms. The second kappa shape index (κ2) is 3.81. The van der Waals surface area contributed by atoms with Gasteiger partial charge in [-0.25, -0.2) is 0 Å². The van der Waals surface area contributed by atoms with Gasteiger partial charge in [-0.3, -0.25) is 4.79 Å². The molecule has 0 saturated heterocycles. The lowest BCUT2D eigenvalue weighted by atomic mass is 10.2. The molecule has 0 aliphatic heterocycles. The lowest BCUT2D eigenvalue weighted by molar-refractivity contribution is 0.100. The van der Waals surface area contributed by atoms with Gasteiger partial charge in [0.05, 0.1) is 11.3 Å². The lowest BCUT2D eigenvalue weighted by Gasteiger charge is -1.96. The van der Waals surface area contributed by atoms with Crippen molar-refractivity contribution in [2.45, 2.75) is 0 Å². The summed E-state index contributed by atoms with van der Waals surface area (Å²) < 4.78 is 23.6. The van der Waals surface area contributed by atoms with E-state index in [0.717, 1.165) is 0 Å². The third kappa shape index (κ3) is 2.38. The maximum absolute atomic E-state index is 10.8. The highest BCUT2D eigenvalue weighted by molar-refractivity contribution is 7.61. The van der Waals surface area contributed by atoms with E-state index in [1.165, 1.54) is 12.1 Å². The smallest absolute Gasteiger partial charge is 0.316 e. The highest BCUT2D eigenvalue weighted by Crippen LogP contribution is 2.17. The first kappa shape index (κ1) is 9.40. The highest BCUT2D eigenvalue weighted by atomic mass is 32.2. The molecular formula is C7H6N2O3S. The molecule has 5 nitrogen and oxygen atoms in total. The number of primary amides is 1. The fourth-order valence-electron chi connectivity index (χ4n) is 0.842. The highest BCUT2D eigenvalue weighted by Gasteiger charge is 2.05. The van der Waals surface area contributed by atoms with Crippen molar-refractivity contribution in [2.24, 2.45) is 10.1 Å². The third-order valence-corrected chi connectivity index (χ3v) is 1.69. The fraction of sp³-hybridized carbons (Fsp3) is 0. The Balaban J connectivity index is 3.36. The summed E-state index contributed by atoms with van der Waals surface area (Å²) in [6.45, 7) is 0. The van der Waals surface area contributed by atoms with Gasteiger partial charge in [-0.05, 0) is 12.1 Å². The fourth-order valence-corrected chi connectivity index (χ4v) is 1.16. The van der Waals surface area contributed by atoms with Gasteiger partial charge in [0.2, 0.25) is 0 Å². The van der Waals surface area contributed by atoms with Crippen LogP contribution in [-0.4, -0.2) is 14.3 Å². The Labute approximate surface area is 75.9 Å². The van der Waals surface area contributed by atoms with Crippen LogP contribution in [0.15, 0.2) is 28.6 Å². The molecule has 6 heteroatoms. The van der Waals surface area contributed by atoms with E-state index >= 15 is 0 Å². The van der Waals surface area contributed by atoms with Crippen molar-refractivity contribution in [3.8, 4) is 0 Å². The summed E-state index contributed by atoms with van der Waals surface area (Å²) >= 11 is 0. The Hall–Kier alpha value is -1.69. The minimum absolute atomic E-state index is 0.0586. The van der Waals surface area contributed by atoms with Crippen LogP contribution in [-0.2, 0) is 10.5 Å². The van der Waals surface area contributed by atoms with Gasteiger partial charge in [-0.1, -0.05) is 12.1 Å². The van der Waals surface area contributed by atoms with Gasteiger partial charge < -0.3 is 5.73 Å². The van der Waals surface area contributed by atoms with Gasteiger partial charge in [-0.2, -0.15) is 8.42 Å². The van der Waals surface area contributed by atoms with Gasteiger partial charge >= 0.3 is 10.5 Å². The van der Waals surface area contributed by atoms with Crippen molar-refractivity contribution in [2.75, 3.05) is 0 Å². The summed E-state index contributed by atoms with van der Waals surface area (Å²) in [4.78, 5) is 10.8. The summed E-state index contributed by atoms with van der Waals surface area (Å²) in [5, 5.41) is 0. The molecule has 0 atom stereocenters. The predicted octanol–water partition coefficient (Wildman–Crippen LogP) is 0.480. The van der Waals surface area contributed by atoms with Crippen LogP contribution in [0.5, 0.6) is 0 Å². The van der Waals surface area contributed by atoms with Crippen molar-refractivity contribution in [3.05, 3.63) is 29.8 Å². The summed E-state index contributed by atoms with van der Waals surface area (Å²) in [7, 11) is -2.58. The van der Waals surface area contributed by atoms with Crippen LogP contribution in [0.1, 0.15) is 10.4 Å². The quantitative estimate of drug-likeness (QED) is 0.749. The number of carbonyl (C=O) groups is 1. The van der Waals surface area contributed by atoms with Crippen molar-refractivity contribution in [1.82, 2.24) is 0 Å². The van der Waals surface area contributed by atoms with E-state index < -0.39 is 16.4 Å². The normalized spacial score (nSPS) is 9.23. The molecule has 0 aliphatic carbocycles. The number of nitrogens with two attached hydrogens (primary N) is 1. The number of benzene rings is 1. The van der Waals surface area contributed by atoms with E-state index in [1.54, 1.807) is 12.1 Å². The molecule has 0 bridgehead atoms. The number of amides is 1. The lowest BCUT2D eigenvalue weighted by Crippen LogP contribution is -2.10. The summed E-state index contributed by atoms with van der Waals surface area (Å²) in [6.07, 6.45) is 0. The van der Waals surface area contributed by atoms with E-state index in [-0.39, 0.29) is 11.3 Å². The minimum Gasteiger partial charge on any atom is -0.366 e. The SMILES string of the molecule is NC(=O)c1ccccc1N=S(=O)=O. The van der Waals surface area contributed by atoms with E-state index in [0.29, 0.717) is 0 Å². The molecule has 0 fully saturated rings. The maximum Gasteiger partial charge on any atom is 0.316 e. The molecule has 1 aromatic rings. The average molecular weight is 198 g/mol. The second-order valence-electron chi connectivity index (χ2n) is 2.19.